The highest BCUT2D eigenvalue weighted by Crippen LogP contribution is 2.38. The molecule has 170 valence electrons. The topological polar surface area (TPSA) is 100 Å². The van der Waals surface area contributed by atoms with Crippen molar-refractivity contribution in [3.63, 3.8) is 0 Å². The number of rotatable bonds is 5. The molecule has 33 heavy (non-hydrogen) atoms. The number of nitrogens with one attached hydrogen (secondary N) is 2. The van der Waals surface area contributed by atoms with Gasteiger partial charge in [-0.05, 0) is 23.3 Å². The van der Waals surface area contributed by atoms with Gasteiger partial charge in [0.05, 0.1) is 25.3 Å². The number of carbonyl (C=O) groups is 3. The van der Waals surface area contributed by atoms with Gasteiger partial charge >= 0.3 is 6.03 Å². The summed E-state index contributed by atoms with van der Waals surface area (Å²) in [5.74, 6) is -1.86. The summed E-state index contributed by atoms with van der Waals surface area (Å²) in [6.07, 6.45) is 1.73. The number of hydrogen-bond acceptors (Lipinski definition) is 6. The van der Waals surface area contributed by atoms with Crippen molar-refractivity contribution < 1.29 is 28.3 Å². The van der Waals surface area contributed by atoms with Crippen molar-refractivity contribution in [2.45, 2.75) is 18.1 Å². The summed E-state index contributed by atoms with van der Waals surface area (Å²) < 4.78 is 19.8. The van der Waals surface area contributed by atoms with Crippen molar-refractivity contribution in [3.8, 4) is 5.75 Å². The molecule has 1 fully saturated rings. The van der Waals surface area contributed by atoms with Crippen molar-refractivity contribution in [3.05, 3.63) is 76.8 Å². The first kappa shape index (κ1) is 21.0. The van der Waals surface area contributed by atoms with Crippen molar-refractivity contribution >= 4 is 17.8 Å². The molecule has 0 spiro atoms. The van der Waals surface area contributed by atoms with Gasteiger partial charge in [0.25, 0.3) is 11.8 Å². The Bertz CT molecular complexity index is 1200. The summed E-state index contributed by atoms with van der Waals surface area (Å²) in [6.45, 7) is -0.160. The van der Waals surface area contributed by atoms with E-state index in [0.29, 0.717) is 5.56 Å². The first-order valence-electron chi connectivity index (χ1n) is 10.3. The average Bonchev–Trinajstić information content (AvgIpc) is 3.43. The van der Waals surface area contributed by atoms with E-state index in [1.807, 2.05) is 30.3 Å². The lowest BCUT2D eigenvalue weighted by molar-refractivity contribution is -0.133. The number of nitrogens with zero attached hydrogens (tertiary/aromatic N) is 2. The summed E-state index contributed by atoms with van der Waals surface area (Å²) in [5, 5.41) is 6.43. The minimum absolute atomic E-state index is 0.0419. The van der Waals surface area contributed by atoms with E-state index in [-0.39, 0.29) is 36.2 Å². The number of likely N-dealkylation sites (N-methyl/N-ethyl adjacent to an activating group) is 1. The Labute approximate surface area is 188 Å². The van der Waals surface area contributed by atoms with Crippen LogP contribution in [0.2, 0.25) is 0 Å². The highest BCUT2D eigenvalue weighted by Gasteiger charge is 2.55. The molecule has 0 radical (unpaired) electrons. The monoisotopic (exact) mass is 452 g/mol. The maximum Gasteiger partial charge on any atom is 0.322 e. The minimum Gasteiger partial charge on any atom is -0.494 e. The van der Waals surface area contributed by atoms with Crippen molar-refractivity contribution in [2.75, 3.05) is 20.7 Å². The highest BCUT2D eigenvalue weighted by atomic mass is 19.1. The number of methoxy groups -OCH3 is 1. The summed E-state index contributed by atoms with van der Waals surface area (Å²) in [6, 6.07) is 11.5. The summed E-state index contributed by atoms with van der Waals surface area (Å²) in [7, 11) is 3.03. The van der Waals surface area contributed by atoms with Crippen LogP contribution in [0.1, 0.15) is 27.5 Å². The molecule has 3 aliphatic heterocycles. The zero-order valence-corrected chi connectivity index (χ0v) is 17.9. The molecule has 2 aromatic rings. The summed E-state index contributed by atoms with van der Waals surface area (Å²) >= 11 is 0. The predicted molar refractivity (Wildman–Crippen MR) is 113 cm³/mol. The van der Waals surface area contributed by atoms with E-state index in [1.165, 1.54) is 18.1 Å². The highest BCUT2D eigenvalue weighted by molar-refractivity contribution is 6.09. The number of benzene rings is 2. The molecule has 0 saturated carbocycles. The minimum atomic E-state index is -1.66. The quantitative estimate of drug-likeness (QED) is 0.672. The second-order valence-corrected chi connectivity index (χ2v) is 8.11. The molecular formula is C23H21FN4O5. The van der Waals surface area contributed by atoms with Crippen LogP contribution in [0, 0.1) is 5.82 Å². The van der Waals surface area contributed by atoms with Crippen LogP contribution in [0.5, 0.6) is 5.75 Å². The van der Waals surface area contributed by atoms with Crippen LogP contribution < -0.4 is 15.4 Å². The third-order valence-electron chi connectivity index (χ3n) is 6.15. The molecule has 4 amide bonds. The fourth-order valence-electron chi connectivity index (χ4n) is 4.49. The average molecular weight is 452 g/mol. The number of hydroxylamine groups is 2. The lowest BCUT2D eigenvalue weighted by Gasteiger charge is -2.31. The van der Waals surface area contributed by atoms with Crippen LogP contribution in [0.15, 0.2) is 54.3 Å². The van der Waals surface area contributed by atoms with Gasteiger partial charge in [-0.25, -0.2) is 9.18 Å². The van der Waals surface area contributed by atoms with Crippen molar-refractivity contribution in [1.82, 2.24) is 20.6 Å². The van der Waals surface area contributed by atoms with Crippen LogP contribution >= 0.6 is 0 Å². The number of hydrogen-bond donors (Lipinski definition) is 2. The number of fused-ring (bicyclic) bond motifs is 1. The van der Waals surface area contributed by atoms with E-state index in [1.54, 1.807) is 24.3 Å². The molecule has 0 aliphatic carbocycles. The summed E-state index contributed by atoms with van der Waals surface area (Å²) in [5.41, 5.74) is -0.366. The van der Waals surface area contributed by atoms with E-state index in [0.717, 1.165) is 5.56 Å². The lowest BCUT2D eigenvalue weighted by atomic mass is 9.94. The Hall–Kier alpha value is -3.92. The predicted octanol–water partition coefficient (Wildman–Crippen LogP) is 1.87. The van der Waals surface area contributed by atoms with Gasteiger partial charge in [-0.15, -0.1) is 5.06 Å². The van der Waals surface area contributed by atoms with Gasteiger partial charge in [0, 0.05) is 13.6 Å². The Balaban J connectivity index is 1.50. The Morgan fingerprint density at radius 2 is 1.94 bits per heavy atom. The molecule has 10 heteroatoms. The van der Waals surface area contributed by atoms with Gasteiger partial charge in [-0.1, -0.05) is 36.4 Å². The molecule has 2 aromatic carbocycles. The van der Waals surface area contributed by atoms with E-state index >= 15 is 0 Å². The number of urea groups is 1. The molecule has 1 unspecified atom stereocenters. The van der Waals surface area contributed by atoms with E-state index in [2.05, 4.69) is 10.6 Å². The lowest BCUT2D eigenvalue weighted by Crippen LogP contribution is -2.57. The van der Waals surface area contributed by atoms with Gasteiger partial charge in [-0.3, -0.25) is 14.9 Å². The normalized spacial score (nSPS) is 24.3. The van der Waals surface area contributed by atoms with Crippen LogP contribution in [-0.2, 0) is 16.2 Å². The van der Waals surface area contributed by atoms with Crippen LogP contribution in [0.4, 0.5) is 9.18 Å². The van der Waals surface area contributed by atoms with Gasteiger partial charge in [0.1, 0.15) is 0 Å². The third kappa shape index (κ3) is 3.21. The van der Waals surface area contributed by atoms with Gasteiger partial charge in [0.2, 0.25) is 0 Å². The molecule has 1 saturated heterocycles. The fraction of sp³-hybridized carbons (Fsp3) is 0.261. The largest absolute Gasteiger partial charge is 0.494 e. The van der Waals surface area contributed by atoms with Crippen LogP contribution in [-0.4, -0.2) is 54.0 Å². The molecule has 3 aliphatic rings. The smallest absolute Gasteiger partial charge is 0.322 e. The molecule has 0 bridgehead atoms. The maximum absolute atomic E-state index is 14.8. The molecular weight excluding hydrogens is 431 g/mol. The Morgan fingerprint density at radius 3 is 2.61 bits per heavy atom. The number of ether oxygens (including phenoxy) is 1. The zero-order valence-electron chi connectivity index (χ0n) is 17.9. The molecule has 0 aromatic heterocycles. The number of imide groups is 1. The van der Waals surface area contributed by atoms with Gasteiger partial charge < -0.3 is 19.8 Å². The third-order valence-corrected chi connectivity index (χ3v) is 6.15. The number of carbonyl (C=O) groups excluding carboxylic acids is 3. The Morgan fingerprint density at radius 1 is 1.18 bits per heavy atom. The van der Waals surface area contributed by atoms with Gasteiger partial charge in [-0.2, -0.15) is 0 Å². The molecule has 2 N–H and O–H groups in total. The first-order valence-corrected chi connectivity index (χ1v) is 10.3. The van der Waals surface area contributed by atoms with Crippen molar-refractivity contribution in [2.24, 2.45) is 0 Å². The van der Waals surface area contributed by atoms with E-state index in [4.69, 9.17) is 9.57 Å². The van der Waals surface area contributed by atoms with E-state index in [9.17, 15) is 18.8 Å². The summed E-state index contributed by atoms with van der Waals surface area (Å²) in [4.78, 5) is 45.5. The van der Waals surface area contributed by atoms with Crippen LogP contribution in [0.25, 0.3) is 0 Å². The van der Waals surface area contributed by atoms with Crippen LogP contribution in [0.3, 0.4) is 0 Å². The Kier molecular flexibility index (Phi) is 4.82. The second kappa shape index (κ2) is 7.59. The molecule has 2 atom stereocenters. The fourth-order valence-corrected chi connectivity index (χ4v) is 4.49. The molecule has 9 nitrogen and oxygen atoms in total. The zero-order chi connectivity index (χ0) is 23.3. The molecule has 3 heterocycles. The molecule has 5 rings (SSSR count). The van der Waals surface area contributed by atoms with Crippen molar-refractivity contribution in [1.29, 1.82) is 0 Å². The number of amides is 4. The standard InChI is InChI=1S/C23H21FN4O5/c1-27-15(13-6-4-3-5-7-13)10-17(33-27)23(21(30)25-22(31)26-23)12-28-11-14-8-9-16(32-2)19(24)18(14)20(28)29/h3-10,15H,11-12H2,1-2H3,(H2,25,26,30,31)/t15?,23-/m1/s1. The maximum atomic E-state index is 14.8. The number of halogens is 1. The second-order valence-electron chi connectivity index (χ2n) is 8.11. The van der Waals surface area contributed by atoms with Gasteiger partial charge in [0.15, 0.2) is 22.9 Å². The van der Waals surface area contributed by atoms with E-state index < -0.39 is 29.2 Å². The SMILES string of the molecule is COc1ccc2c(c1F)C(=O)N(C[C@]1(C3=CC(c4ccccc4)N(C)O3)NC(=O)NC1=O)C2. The first-order chi connectivity index (χ1) is 15.8.